The number of methoxy groups -OCH3 is 2. The van der Waals surface area contributed by atoms with Gasteiger partial charge in [-0.1, -0.05) is 11.6 Å². The molecule has 0 atom stereocenters. The summed E-state index contributed by atoms with van der Waals surface area (Å²) >= 11 is 6.22. The second kappa shape index (κ2) is 5.85. The molecule has 0 unspecified atom stereocenters. The maximum Gasteiger partial charge on any atom is 0.123 e. The highest BCUT2D eigenvalue weighted by Gasteiger charge is 2.06. The minimum atomic E-state index is 0.661. The van der Waals surface area contributed by atoms with Crippen LogP contribution in [0.15, 0.2) is 36.4 Å². The number of benzene rings is 2. The Labute approximate surface area is 118 Å². The Balaban J connectivity index is 2.26. The van der Waals surface area contributed by atoms with Crippen LogP contribution < -0.4 is 14.8 Å². The molecule has 0 bridgehead atoms. The number of aryl methyl sites for hydroxylation is 1. The van der Waals surface area contributed by atoms with Crippen LogP contribution in [-0.4, -0.2) is 14.2 Å². The fourth-order valence-electron chi connectivity index (χ4n) is 1.80. The average molecular weight is 278 g/mol. The van der Waals surface area contributed by atoms with E-state index >= 15 is 0 Å². The second-order valence-corrected chi connectivity index (χ2v) is 4.56. The molecule has 2 aromatic carbocycles. The smallest absolute Gasteiger partial charge is 0.123 e. The van der Waals surface area contributed by atoms with E-state index in [4.69, 9.17) is 21.1 Å². The van der Waals surface area contributed by atoms with Gasteiger partial charge < -0.3 is 14.8 Å². The van der Waals surface area contributed by atoms with Crippen LogP contribution in [0.5, 0.6) is 11.5 Å². The van der Waals surface area contributed by atoms with Gasteiger partial charge in [0.1, 0.15) is 11.5 Å². The quantitative estimate of drug-likeness (QED) is 0.898. The maximum atomic E-state index is 6.22. The summed E-state index contributed by atoms with van der Waals surface area (Å²) in [7, 11) is 3.29. The molecule has 19 heavy (non-hydrogen) atoms. The van der Waals surface area contributed by atoms with E-state index in [1.807, 2.05) is 43.3 Å². The lowest BCUT2D eigenvalue weighted by molar-refractivity contribution is 0.412. The van der Waals surface area contributed by atoms with E-state index in [2.05, 4.69) is 5.32 Å². The molecule has 1 N–H and O–H groups in total. The summed E-state index contributed by atoms with van der Waals surface area (Å²) in [5, 5.41) is 3.92. The van der Waals surface area contributed by atoms with Crippen molar-refractivity contribution in [1.29, 1.82) is 0 Å². The van der Waals surface area contributed by atoms with Crippen LogP contribution in [0.25, 0.3) is 0 Å². The highest BCUT2D eigenvalue weighted by atomic mass is 35.5. The molecular weight excluding hydrogens is 262 g/mol. The predicted molar refractivity (Wildman–Crippen MR) is 79.0 cm³/mol. The first-order valence-electron chi connectivity index (χ1n) is 5.89. The summed E-state index contributed by atoms with van der Waals surface area (Å²) in [6.07, 6.45) is 0. The highest BCUT2D eigenvalue weighted by molar-refractivity contribution is 6.33. The third kappa shape index (κ3) is 3.12. The molecule has 0 aromatic heterocycles. The number of hydrogen-bond donors (Lipinski definition) is 1. The van der Waals surface area contributed by atoms with Gasteiger partial charge >= 0.3 is 0 Å². The van der Waals surface area contributed by atoms with Crippen molar-refractivity contribution in [2.75, 3.05) is 19.5 Å². The van der Waals surface area contributed by atoms with Gasteiger partial charge in [-0.05, 0) is 42.8 Å². The van der Waals surface area contributed by atoms with Gasteiger partial charge in [0.2, 0.25) is 0 Å². The van der Waals surface area contributed by atoms with E-state index in [1.165, 1.54) is 0 Å². The monoisotopic (exact) mass is 277 g/mol. The van der Waals surface area contributed by atoms with Gasteiger partial charge in [0, 0.05) is 11.8 Å². The predicted octanol–water partition coefficient (Wildman–Crippen LogP) is 4.41. The van der Waals surface area contributed by atoms with Crippen molar-refractivity contribution in [3.05, 3.63) is 47.0 Å². The van der Waals surface area contributed by atoms with Crippen molar-refractivity contribution < 1.29 is 9.47 Å². The van der Waals surface area contributed by atoms with Crippen molar-refractivity contribution in [3.8, 4) is 11.5 Å². The molecule has 0 spiro atoms. The third-order valence-electron chi connectivity index (χ3n) is 2.85. The standard InChI is InChI=1S/C15H16ClNO2/c1-10-8-13(16)14(9-15(10)19-3)17-11-4-6-12(18-2)7-5-11/h4-9,17H,1-3H3. The molecule has 0 heterocycles. The first kappa shape index (κ1) is 13.6. The van der Waals surface area contributed by atoms with Crippen LogP contribution in [0.3, 0.4) is 0 Å². The number of nitrogens with one attached hydrogen (secondary N) is 1. The van der Waals surface area contributed by atoms with Crippen LogP contribution in [-0.2, 0) is 0 Å². The Morgan fingerprint density at radius 2 is 1.68 bits per heavy atom. The molecule has 0 saturated carbocycles. The van der Waals surface area contributed by atoms with Gasteiger partial charge in [-0.25, -0.2) is 0 Å². The topological polar surface area (TPSA) is 30.5 Å². The molecule has 0 aliphatic rings. The SMILES string of the molecule is COc1ccc(Nc2cc(OC)c(C)cc2Cl)cc1. The fourth-order valence-corrected chi connectivity index (χ4v) is 2.06. The normalized spacial score (nSPS) is 10.1. The van der Waals surface area contributed by atoms with Crippen LogP contribution >= 0.6 is 11.6 Å². The van der Waals surface area contributed by atoms with Gasteiger partial charge in [-0.2, -0.15) is 0 Å². The van der Waals surface area contributed by atoms with E-state index in [0.717, 1.165) is 28.4 Å². The summed E-state index contributed by atoms with van der Waals surface area (Å²) in [5.74, 6) is 1.62. The molecule has 0 saturated heterocycles. The molecule has 0 aliphatic carbocycles. The number of hydrogen-bond acceptors (Lipinski definition) is 3. The number of rotatable bonds is 4. The minimum absolute atomic E-state index is 0.661. The Morgan fingerprint density at radius 1 is 1.00 bits per heavy atom. The molecule has 0 amide bonds. The van der Waals surface area contributed by atoms with E-state index in [0.29, 0.717) is 5.02 Å². The largest absolute Gasteiger partial charge is 0.497 e. The molecule has 100 valence electrons. The van der Waals surface area contributed by atoms with Crippen LogP contribution in [0.2, 0.25) is 5.02 Å². The van der Waals surface area contributed by atoms with Crippen molar-refractivity contribution in [2.45, 2.75) is 6.92 Å². The molecule has 2 rings (SSSR count). The van der Waals surface area contributed by atoms with Crippen LogP contribution in [0.1, 0.15) is 5.56 Å². The van der Waals surface area contributed by atoms with Gasteiger partial charge in [-0.3, -0.25) is 0 Å². The summed E-state index contributed by atoms with van der Waals surface area (Å²) < 4.78 is 10.4. The Hall–Kier alpha value is -1.87. The zero-order chi connectivity index (χ0) is 13.8. The maximum absolute atomic E-state index is 6.22. The molecule has 2 aromatic rings. The zero-order valence-electron chi connectivity index (χ0n) is 11.2. The number of ether oxygens (including phenoxy) is 2. The summed E-state index contributed by atoms with van der Waals surface area (Å²) in [4.78, 5) is 0. The lowest BCUT2D eigenvalue weighted by Crippen LogP contribution is -1.94. The molecule has 0 aliphatic heterocycles. The molecule has 4 heteroatoms. The highest BCUT2D eigenvalue weighted by Crippen LogP contribution is 2.32. The van der Waals surface area contributed by atoms with Crippen LogP contribution in [0.4, 0.5) is 11.4 Å². The molecule has 3 nitrogen and oxygen atoms in total. The number of halogens is 1. The van der Waals surface area contributed by atoms with E-state index < -0.39 is 0 Å². The summed E-state index contributed by atoms with van der Waals surface area (Å²) in [5.41, 5.74) is 2.76. The lowest BCUT2D eigenvalue weighted by Gasteiger charge is -2.12. The minimum Gasteiger partial charge on any atom is -0.497 e. The average Bonchev–Trinajstić information content (AvgIpc) is 2.42. The molecule has 0 radical (unpaired) electrons. The molecular formula is C15H16ClNO2. The van der Waals surface area contributed by atoms with Crippen molar-refractivity contribution in [3.63, 3.8) is 0 Å². The Bertz CT molecular complexity index is 567. The van der Waals surface area contributed by atoms with Gasteiger partial charge in [0.25, 0.3) is 0 Å². The van der Waals surface area contributed by atoms with Crippen molar-refractivity contribution >= 4 is 23.0 Å². The fraction of sp³-hybridized carbons (Fsp3) is 0.200. The van der Waals surface area contributed by atoms with E-state index in [9.17, 15) is 0 Å². The Kier molecular flexibility index (Phi) is 4.17. The van der Waals surface area contributed by atoms with Crippen molar-refractivity contribution in [2.24, 2.45) is 0 Å². The van der Waals surface area contributed by atoms with Gasteiger partial charge in [-0.15, -0.1) is 0 Å². The summed E-state index contributed by atoms with van der Waals surface area (Å²) in [6.45, 7) is 1.96. The first-order valence-corrected chi connectivity index (χ1v) is 6.27. The van der Waals surface area contributed by atoms with Gasteiger partial charge in [0.15, 0.2) is 0 Å². The third-order valence-corrected chi connectivity index (χ3v) is 3.17. The lowest BCUT2D eigenvalue weighted by atomic mass is 10.2. The van der Waals surface area contributed by atoms with Crippen molar-refractivity contribution in [1.82, 2.24) is 0 Å². The van der Waals surface area contributed by atoms with Crippen LogP contribution in [0, 0.1) is 6.92 Å². The summed E-state index contributed by atoms with van der Waals surface area (Å²) in [6, 6.07) is 11.4. The Morgan fingerprint density at radius 3 is 2.26 bits per heavy atom. The molecule has 0 fully saturated rings. The second-order valence-electron chi connectivity index (χ2n) is 4.16. The first-order chi connectivity index (χ1) is 9.13. The zero-order valence-corrected chi connectivity index (χ0v) is 11.9. The van der Waals surface area contributed by atoms with E-state index in [1.54, 1.807) is 14.2 Å². The van der Waals surface area contributed by atoms with Gasteiger partial charge in [0.05, 0.1) is 24.9 Å². The number of anilines is 2. The van der Waals surface area contributed by atoms with E-state index in [-0.39, 0.29) is 0 Å².